The van der Waals surface area contributed by atoms with Gasteiger partial charge in [0.05, 0.1) is 5.56 Å². The van der Waals surface area contributed by atoms with Gasteiger partial charge >= 0.3 is 0 Å². The summed E-state index contributed by atoms with van der Waals surface area (Å²) in [6.45, 7) is 1.40. The van der Waals surface area contributed by atoms with Gasteiger partial charge in [-0.25, -0.2) is 4.39 Å². The van der Waals surface area contributed by atoms with Crippen LogP contribution < -0.4 is 5.32 Å². The molecule has 1 N–H and O–H groups in total. The smallest absolute Gasteiger partial charge is 0.257 e. The summed E-state index contributed by atoms with van der Waals surface area (Å²) in [5.41, 5.74) is 1.79. The highest BCUT2D eigenvalue weighted by molar-refractivity contribution is 6.04. The number of anilines is 1. The van der Waals surface area contributed by atoms with E-state index in [0.717, 1.165) is 18.5 Å². The second-order valence-electron chi connectivity index (χ2n) is 5.90. The van der Waals surface area contributed by atoms with Crippen molar-refractivity contribution in [2.45, 2.75) is 12.8 Å². The minimum Gasteiger partial charge on any atom is -0.322 e. The molecule has 1 aliphatic heterocycles. The van der Waals surface area contributed by atoms with E-state index >= 15 is 0 Å². The molecule has 6 heteroatoms. The third-order valence-electron chi connectivity index (χ3n) is 4.18. The minimum atomic E-state index is -0.334. The number of aromatic nitrogens is 1. The van der Waals surface area contributed by atoms with Gasteiger partial charge in [-0.15, -0.1) is 0 Å². The number of rotatable bonds is 4. The molecule has 1 amide bonds. The van der Waals surface area contributed by atoms with Gasteiger partial charge in [0.15, 0.2) is 6.19 Å². The van der Waals surface area contributed by atoms with E-state index in [0.29, 0.717) is 24.2 Å². The number of hydrogen-bond acceptors (Lipinski definition) is 4. The molecular formula is C18H17FN4O. The van der Waals surface area contributed by atoms with Gasteiger partial charge in [-0.3, -0.25) is 9.78 Å². The summed E-state index contributed by atoms with van der Waals surface area (Å²) >= 11 is 0. The molecule has 5 nitrogen and oxygen atoms in total. The van der Waals surface area contributed by atoms with E-state index in [2.05, 4.69) is 16.5 Å². The van der Waals surface area contributed by atoms with Crippen LogP contribution in [0.2, 0.25) is 0 Å². The van der Waals surface area contributed by atoms with Gasteiger partial charge in [0.25, 0.3) is 5.91 Å². The molecule has 1 aromatic carbocycles. The van der Waals surface area contributed by atoms with Gasteiger partial charge in [-0.05, 0) is 54.7 Å². The Labute approximate surface area is 139 Å². The highest BCUT2D eigenvalue weighted by Gasteiger charge is 2.23. The van der Waals surface area contributed by atoms with Crippen LogP contribution in [0.1, 0.15) is 22.3 Å². The van der Waals surface area contributed by atoms with E-state index in [1.165, 1.54) is 18.3 Å². The first-order valence-electron chi connectivity index (χ1n) is 7.80. The molecule has 122 valence electrons. The maximum atomic E-state index is 13.6. The van der Waals surface area contributed by atoms with Crippen LogP contribution in [0.15, 0.2) is 42.7 Å². The second kappa shape index (κ2) is 7.09. The topological polar surface area (TPSA) is 69.0 Å². The molecule has 1 fully saturated rings. The average Bonchev–Trinajstić information content (AvgIpc) is 3.05. The quantitative estimate of drug-likeness (QED) is 0.878. The first-order chi connectivity index (χ1) is 11.7. The maximum Gasteiger partial charge on any atom is 0.257 e. The first kappa shape index (κ1) is 15.9. The highest BCUT2D eigenvalue weighted by Crippen LogP contribution is 2.26. The van der Waals surface area contributed by atoms with E-state index in [1.54, 1.807) is 29.3 Å². The standard InChI is InChI=1S/C18H17FN4O/c19-16-3-4-17(22-18(24)14-2-1-6-21-10-14)15(9-16)8-13-5-7-23(11-13)12-20/h1-4,6,9-10,13H,5,7-8,11H2,(H,22,24). The monoisotopic (exact) mass is 324 g/mol. The molecule has 0 aliphatic carbocycles. The van der Waals surface area contributed by atoms with Gasteiger partial charge < -0.3 is 10.2 Å². The van der Waals surface area contributed by atoms with Crippen LogP contribution >= 0.6 is 0 Å². The molecule has 0 spiro atoms. The predicted molar refractivity (Wildman–Crippen MR) is 87.6 cm³/mol. The zero-order valence-electron chi connectivity index (χ0n) is 13.1. The number of likely N-dealkylation sites (tertiary alicyclic amines) is 1. The Hall–Kier alpha value is -2.94. The summed E-state index contributed by atoms with van der Waals surface area (Å²) in [5, 5.41) is 11.8. The van der Waals surface area contributed by atoms with Crippen molar-refractivity contribution >= 4 is 11.6 Å². The van der Waals surface area contributed by atoms with Crippen molar-refractivity contribution in [2.24, 2.45) is 5.92 Å². The number of carbonyl (C=O) groups is 1. The predicted octanol–water partition coefficient (Wildman–Crippen LogP) is 2.82. The Morgan fingerprint density at radius 2 is 2.33 bits per heavy atom. The lowest BCUT2D eigenvalue weighted by molar-refractivity contribution is 0.102. The molecule has 3 rings (SSSR count). The average molecular weight is 324 g/mol. The van der Waals surface area contributed by atoms with Crippen LogP contribution in [0.4, 0.5) is 10.1 Å². The lowest BCUT2D eigenvalue weighted by atomic mass is 9.97. The Morgan fingerprint density at radius 3 is 3.04 bits per heavy atom. The first-order valence-corrected chi connectivity index (χ1v) is 7.80. The Balaban J connectivity index is 1.76. The largest absolute Gasteiger partial charge is 0.322 e. The highest BCUT2D eigenvalue weighted by atomic mass is 19.1. The fourth-order valence-corrected chi connectivity index (χ4v) is 2.95. The number of pyridine rings is 1. The van der Waals surface area contributed by atoms with Crippen LogP contribution in [-0.4, -0.2) is 28.9 Å². The summed E-state index contributed by atoms with van der Waals surface area (Å²) in [7, 11) is 0. The molecule has 1 saturated heterocycles. The number of carbonyl (C=O) groups excluding carboxylic acids is 1. The fourth-order valence-electron chi connectivity index (χ4n) is 2.95. The van der Waals surface area contributed by atoms with Crippen molar-refractivity contribution in [1.29, 1.82) is 5.26 Å². The second-order valence-corrected chi connectivity index (χ2v) is 5.90. The number of nitriles is 1. The lowest BCUT2D eigenvalue weighted by Crippen LogP contribution is -2.17. The van der Waals surface area contributed by atoms with E-state index in [9.17, 15) is 9.18 Å². The van der Waals surface area contributed by atoms with Gasteiger partial charge in [0.2, 0.25) is 0 Å². The molecule has 2 aromatic rings. The van der Waals surface area contributed by atoms with Crippen molar-refractivity contribution in [3.63, 3.8) is 0 Å². The molecule has 0 radical (unpaired) electrons. The zero-order valence-corrected chi connectivity index (χ0v) is 13.1. The number of amides is 1. The summed E-state index contributed by atoms with van der Waals surface area (Å²) in [5.74, 6) is -0.332. The van der Waals surface area contributed by atoms with Crippen molar-refractivity contribution in [3.8, 4) is 6.19 Å². The molecule has 24 heavy (non-hydrogen) atoms. The van der Waals surface area contributed by atoms with E-state index in [4.69, 9.17) is 5.26 Å². The molecule has 0 bridgehead atoms. The van der Waals surface area contributed by atoms with Crippen LogP contribution in [0, 0.1) is 23.2 Å². The summed E-state index contributed by atoms with van der Waals surface area (Å²) in [6.07, 6.45) is 6.74. The molecule has 1 aromatic heterocycles. The Kier molecular flexibility index (Phi) is 4.71. The minimum absolute atomic E-state index is 0.277. The Morgan fingerprint density at radius 1 is 1.46 bits per heavy atom. The third-order valence-corrected chi connectivity index (χ3v) is 4.18. The molecule has 1 unspecified atom stereocenters. The van der Waals surface area contributed by atoms with Crippen LogP contribution in [0.5, 0.6) is 0 Å². The summed E-state index contributed by atoms with van der Waals surface area (Å²) in [4.78, 5) is 17.9. The number of benzene rings is 1. The van der Waals surface area contributed by atoms with Crippen molar-refractivity contribution in [3.05, 3.63) is 59.7 Å². The van der Waals surface area contributed by atoms with Crippen LogP contribution in [-0.2, 0) is 6.42 Å². The lowest BCUT2D eigenvalue weighted by Gasteiger charge is -2.15. The Bertz CT molecular complexity index is 772. The normalized spacial score (nSPS) is 16.7. The maximum absolute atomic E-state index is 13.6. The molecule has 1 atom stereocenters. The zero-order chi connectivity index (χ0) is 16.9. The van der Waals surface area contributed by atoms with Crippen molar-refractivity contribution in [2.75, 3.05) is 18.4 Å². The summed E-state index contributed by atoms with van der Waals surface area (Å²) in [6, 6.07) is 7.73. The molecule has 1 aliphatic rings. The van der Waals surface area contributed by atoms with Crippen LogP contribution in [0.3, 0.4) is 0 Å². The number of halogens is 1. The SMILES string of the molecule is N#CN1CCC(Cc2cc(F)ccc2NC(=O)c2cccnc2)C1. The molecule has 2 heterocycles. The third kappa shape index (κ3) is 3.69. The van der Waals surface area contributed by atoms with Crippen LogP contribution in [0.25, 0.3) is 0 Å². The van der Waals surface area contributed by atoms with Gasteiger partial charge in [-0.2, -0.15) is 5.26 Å². The number of hydrogen-bond donors (Lipinski definition) is 1. The summed E-state index contributed by atoms with van der Waals surface area (Å²) < 4.78 is 13.6. The molecule has 0 saturated carbocycles. The number of nitrogens with one attached hydrogen (secondary N) is 1. The fraction of sp³-hybridized carbons (Fsp3) is 0.278. The van der Waals surface area contributed by atoms with E-state index in [1.807, 2.05) is 0 Å². The van der Waals surface area contributed by atoms with E-state index < -0.39 is 0 Å². The number of nitrogens with zero attached hydrogens (tertiary/aromatic N) is 3. The van der Waals surface area contributed by atoms with E-state index in [-0.39, 0.29) is 17.6 Å². The van der Waals surface area contributed by atoms with Gasteiger partial charge in [0.1, 0.15) is 5.82 Å². The van der Waals surface area contributed by atoms with Gasteiger partial charge in [-0.1, -0.05) is 0 Å². The van der Waals surface area contributed by atoms with Gasteiger partial charge in [0, 0.05) is 31.2 Å². The van der Waals surface area contributed by atoms with Crippen molar-refractivity contribution < 1.29 is 9.18 Å². The van der Waals surface area contributed by atoms with Crippen molar-refractivity contribution in [1.82, 2.24) is 9.88 Å². The molecular weight excluding hydrogens is 307 g/mol.